The van der Waals surface area contributed by atoms with Crippen molar-refractivity contribution in [3.8, 4) is 22.6 Å². The Hall–Kier alpha value is -2.44. The molecule has 3 rings (SSSR count). The maximum absolute atomic E-state index is 13.8. The van der Waals surface area contributed by atoms with Crippen LogP contribution in [0.1, 0.15) is 0 Å². The van der Waals surface area contributed by atoms with E-state index in [1.54, 1.807) is 24.3 Å². The minimum atomic E-state index is -1.17. The van der Waals surface area contributed by atoms with Gasteiger partial charge in [-0.15, -0.1) is 0 Å². The van der Waals surface area contributed by atoms with E-state index in [4.69, 9.17) is 27.7 Å². The third-order valence-electron chi connectivity index (χ3n) is 3.36. The Labute approximate surface area is 151 Å². The number of hydrogen-bond acceptors (Lipinski definition) is 3. The van der Waals surface area contributed by atoms with Gasteiger partial charge in [-0.25, -0.2) is 8.78 Å². The number of nitrogens with zero attached hydrogens (tertiary/aromatic N) is 1. The van der Waals surface area contributed by atoms with E-state index in [-0.39, 0.29) is 11.3 Å². The lowest BCUT2D eigenvalue weighted by atomic mass is 10.1. The standard InChI is InChI=1S/C17H10Cl2F2N2O2/c18-16(19)17(24)22-10-6-4-9(5-7-10)14-8-13(23-25-14)15-11(20)2-1-3-12(15)21/h1-8,16H,(H,22,24). The predicted molar refractivity (Wildman–Crippen MR) is 91.4 cm³/mol. The third-order valence-corrected chi connectivity index (χ3v) is 3.76. The summed E-state index contributed by atoms with van der Waals surface area (Å²) in [7, 11) is 0. The number of nitrogens with one attached hydrogen (secondary N) is 1. The number of benzene rings is 2. The van der Waals surface area contributed by atoms with Crippen LogP contribution in [0.4, 0.5) is 14.5 Å². The quantitative estimate of drug-likeness (QED) is 0.643. The molecule has 8 heteroatoms. The van der Waals surface area contributed by atoms with Gasteiger partial charge in [-0.1, -0.05) is 34.4 Å². The largest absolute Gasteiger partial charge is 0.356 e. The van der Waals surface area contributed by atoms with Crippen LogP contribution in [0, 0.1) is 11.6 Å². The molecule has 0 saturated carbocycles. The third kappa shape index (κ3) is 3.81. The zero-order chi connectivity index (χ0) is 18.0. The highest BCUT2D eigenvalue weighted by molar-refractivity contribution is 6.54. The molecule has 4 nitrogen and oxygen atoms in total. The Bertz CT molecular complexity index is 891. The summed E-state index contributed by atoms with van der Waals surface area (Å²) in [6.07, 6.45) is 0. The van der Waals surface area contributed by atoms with Gasteiger partial charge < -0.3 is 9.84 Å². The second kappa shape index (κ2) is 7.21. The summed E-state index contributed by atoms with van der Waals surface area (Å²) < 4.78 is 32.8. The number of carbonyl (C=O) groups excluding carboxylic acids is 1. The number of aromatic nitrogens is 1. The van der Waals surface area contributed by atoms with Crippen LogP contribution in [0.3, 0.4) is 0 Å². The molecular formula is C17H10Cl2F2N2O2. The molecular weight excluding hydrogens is 373 g/mol. The first-order chi connectivity index (χ1) is 12.0. The summed E-state index contributed by atoms with van der Waals surface area (Å²) in [6, 6.07) is 11.5. The number of amides is 1. The van der Waals surface area contributed by atoms with Crippen LogP contribution in [0.15, 0.2) is 53.1 Å². The fraction of sp³-hybridized carbons (Fsp3) is 0.0588. The molecule has 3 aromatic rings. The van der Waals surface area contributed by atoms with Gasteiger partial charge in [0, 0.05) is 17.3 Å². The topological polar surface area (TPSA) is 55.1 Å². The van der Waals surface area contributed by atoms with Crippen LogP contribution in [0.2, 0.25) is 0 Å². The van der Waals surface area contributed by atoms with E-state index in [2.05, 4.69) is 10.5 Å². The summed E-state index contributed by atoms with van der Waals surface area (Å²) in [5.74, 6) is -1.68. The summed E-state index contributed by atoms with van der Waals surface area (Å²) in [5, 5.41) is 6.24. The van der Waals surface area contributed by atoms with E-state index in [9.17, 15) is 13.6 Å². The number of alkyl halides is 2. The fourth-order valence-electron chi connectivity index (χ4n) is 2.19. The van der Waals surface area contributed by atoms with E-state index < -0.39 is 22.4 Å². The van der Waals surface area contributed by atoms with Gasteiger partial charge in [0.25, 0.3) is 5.91 Å². The number of hydrogen-bond donors (Lipinski definition) is 1. The fourth-order valence-corrected chi connectivity index (χ4v) is 2.30. The van der Waals surface area contributed by atoms with Gasteiger partial charge in [-0.2, -0.15) is 0 Å². The number of rotatable bonds is 4. The molecule has 0 saturated heterocycles. The molecule has 1 heterocycles. The summed E-state index contributed by atoms with van der Waals surface area (Å²) in [6.45, 7) is 0. The van der Waals surface area contributed by atoms with Crippen molar-refractivity contribution in [1.29, 1.82) is 0 Å². The minimum absolute atomic E-state index is 0.0510. The van der Waals surface area contributed by atoms with Crippen molar-refractivity contribution in [2.24, 2.45) is 0 Å². The predicted octanol–water partition coefficient (Wildman–Crippen LogP) is 5.03. The number of anilines is 1. The van der Waals surface area contributed by atoms with E-state index in [1.807, 2.05) is 0 Å². The monoisotopic (exact) mass is 382 g/mol. The van der Waals surface area contributed by atoms with Crippen molar-refractivity contribution < 1.29 is 18.1 Å². The molecule has 1 aromatic heterocycles. The lowest BCUT2D eigenvalue weighted by molar-refractivity contribution is -0.114. The Morgan fingerprint density at radius 3 is 2.32 bits per heavy atom. The Morgan fingerprint density at radius 2 is 1.72 bits per heavy atom. The van der Waals surface area contributed by atoms with E-state index in [0.717, 1.165) is 12.1 Å². The van der Waals surface area contributed by atoms with Crippen molar-refractivity contribution in [3.63, 3.8) is 0 Å². The van der Waals surface area contributed by atoms with Crippen molar-refractivity contribution in [2.75, 3.05) is 5.32 Å². The normalized spacial score (nSPS) is 10.9. The second-order valence-corrected chi connectivity index (χ2v) is 6.14. The van der Waals surface area contributed by atoms with Crippen LogP contribution in [-0.4, -0.2) is 15.9 Å². The molecule has 0 unspecified atom stereocenters. The first kappa shape index (κ1) is 17.4. The number of carbonyl (C=O) groups is 1. The second-order valence-electron chi connectivity index (χ2n) is 5.04. The van der Waals surface area contributed by atoms with Gasteiger partial charge in [0.2, 0.25) is 0 Å². The van der Waals surface area contributed by atoms with Gasteiger partial charge in [0.15, 0.2) is 10.6 Å². The van der Waals surface area contributed by atoms with Crippen LogP contribution >= 0.6 is 23.2 Å². The van der Waals surface area contributed by atoms with Gasteiger partial charge in [-0.3, -0.25) is 4.79 Å². The zero-order valence-corrected chi connectivity index (χ0v) is 14.0. The summed E-state index contributed by atoms with van der Waals surface area (Å²) >= 11 is 10.9. The highest BCUT2D eigenvalue weighted by Gasteiger charge is 2.16. The SMILES string of the molecule is O=C(Nc1ccc(-c2cc(-c3c(F)cccc3F)no2)cc1)C(Cl)Cl. The molecule has 0 fully saturated rings. The van der Waals surface area contributed by atoms with Crippen molar-refractivity contribution in [1.82, 2.24) is 5.16 Å². The van der Waals surface area contributed by atoms with Crippen LogP contribution in [-0.2, 0) is 4.79 Å². The Kier molecular flexibility index (Phi) is 5.01. The lowest BCUT2D eigenvalue weighted by Gasteiger charge is -2.05. The average molecular weight is 383 g/mol. The Morgan fingerprint density at radius 1 is 1.08 bits per heavy atom. The maximum Gasteiger partial charge on any atom is 0.257 e. The van der Waals surface area contributed by atoms with Crippen molar-refractivity contribution >= 4 is 34.8 Å². The first-order valence-corrected chi connectivity index (χ1v) is 7.93. The molecule has 25 heavy (non-hydrogen) atoms. The van der Waals surface area contributed by atoms with Gasteiger partial charge in [0.1, 0.15) is 17.3 Å². The highest BCUT2D eigenvalue weighted by atomic mass is 35.5. The van der Waals surface area contributed by atoms with Gasteiger partial charge in [0.05, 0.1) is 5.56 Å². The lowest BCUT2D eigenvalue weighted by Crippen LogP contribution is -2.18. The first-order valence-electron chi connectivity index (χ1n) is 7.06. The highest BCUT2D eigenvalue weighted by Crippen LogP contribution is 2.30. The van der Waals surface area contributed by atoms with Gasteiger partial charge in [-0.05, 0) is 36.4 Å². The molecule has 128 valence electrons. The van der Waals surface area contributed by atoms with Gasteiger partial charge >= 0.3 is 0 Å². The molecule has 0 atom stereocenters. The van der Waals surface area contributed by atoms with Crippen molar-refractivity contribution in [3.05, 3.63) is 60.2 Å². The smallest absolute Gasteiger partial charge is 0.257 e. The maximum atomic E-state index is 13.8. The number of halogens is 4. The van der Waals surface area contributed by atoms with Crippen LogP contribution < -0.4 is 5.32 Å². The molecule has 0 radical (unpaired) electrons. The van der Waals surface area contributed by atoms with Crippen molar-refractivity contribution in [2.45, 2.75) is 4.84 Å². The zero-order valence-electron chi connectivity index (χ0n) is 12.5. The molecule has 2 aromatic carbocycles. The summed E-state index contributed by atoms with van der Waals surface area (Å²) in [4.78, 5) is 10.2. The molecule has 0 aliphatic heterocycles. The molecule has 1 N–H and O–H groups in total. The van der Waals surface area contributed by atoms with E-state index in [0.29, 0.717) is 17.0 Å². The minimum Gasteiger partial charge on any atom is -0.356 e. The van der Waals surface area contributed by atoms with E-state index >= 15 is 0 Å². The molecule has 0 aliphatic carbocycles. The molecule has 0 bridgehead atoms. The average Bonchev–Trinajstić information content (AvgIpc) is 3.05. The van der Waals surface area contributed by atoms with Crippen LogP contribution in [0.5, 0.6) is 0 Å². The van der Waals surface area contributed by atoms with Crippen LogP contribution in [0.25, 0.3) is 22.6 Å². The molecule has 1 amide bonds. The molecule has 0 aliphatic rings. The van der Waals surface area contributed by atoms with E-state index in [1.165, 1.54) is 12.1 Å². The molecule has 0 spiro atoms. The summed E-state index contributed by atoms with van der Waals surface area (Å²) in [5.41, 5.74) is 0.897. The Balaban J connectivity index is 1.84.